The van der Waals surface area contributed by atoms with Crippen LogP contribution in [0.3, 0.4) is 0 Å². The van der Waals surface area contributed by atoms with Crippen LogP contribution in [0.25, 0.3) is 0 Å². The van der Waals surface area contributed by atoms with E-state index in [-0.39, 0.29) is 0 Å². The predicted molar refractivity (Wildman–Crippen MR) is 79.1 cm³/mol. The summed E-state index contributed by atoms with van der Waals surface area (Å²) in [6, 6.07) is 9.44. The highest BCUT2D eigenvalue weighted by Gasteiger charge is 1.94. The van der Waals surface area contributed by atoms with Crippen molar-refractivity contribution in [3.05, 3.63) is 47.5 Å². The first-order chi connectivity index (χ1) is 9.38. The van der Waals surface area contributed by atoms with E-state index in [9.17, 15) is 0 Å². The first-order valence-electron chi connectivity index (χ1n) is 6.52. The van der Waals surface area contributed by atoms with E-state index in [0.717, 1.165) is 12.0 Å². The van der Waals surface area contributed by atoms with Crippen molar-refractivity contribution >= 4 is 0 Å². The average Bonchev–Trinajstić information content (AvgIpc) is 2.46. The quantitative estimate of drug-likeness (QED) is 0.584. The fraction of sp³-hybridized carbons (Fsp3) is 0.278. The van der Waals surface area contributed by atoms with Crippen molar-refractivity contribution < 1.29 is 0 Å². The van der Waals surface area contributed by atoms with Gasteiger partial charge in [-0.05, 0) is 30.7 Å². The number of nitrogens with zero attached hydrogens (tertiary/aromatic N) is 1. The van der Waals surface area contributed by atoms with Crippen molar-refractivity contribution in [2.45, 2.75) is 32.6 Å². The predicted octanol–water partition coefficient (Wildman–Crippen LogP) is 4.05. The molecule has 0 radical (unpaired) electrons. The molecule has 0 saturated carbocycles. The van der Waals surface area contributed by atoms with Crippen molar-refractivity contribution in [3.8, 4) is 29.8 Å². The second-order valence-corrected chi connectivity index (χ2v) is 4.04. The van der Waals surface area contributed by atoms with E-state index in [4.69, 9.17) is 5.26 Å². The Labute approximate surface area is 116 Å². The van der Waals surface area contributed by atoms with Gasteiger partial charge in [-0.15, -0.1) is 0 Å². The topological polar surface area (TPSA) is 23.8 Å². The summed E-state index contributed by atoms with van der Waals surface area (Å²) < 4.78 is 0. The number of nitriles is 1. The monoisotopic (exact) mass is 247 g/mol. The van der Waals surface area contributed by atoms with Gasteiger partial charge in [0.25, 0.3) is 0 Å². The molecule has 19 heavy (non-hydrogen) atoms. The molecule has 1 aromatic rings. The second kappa shape index (κ2) is 9.58. The highest BCUT2D eigenvalue weighted by molar-refractivity contribution is 5.48. The number of hydrogen-bond donors (Lipinski definition) is 0. The fourth-order valence-corrected chi connectivity index (χ4v) is 1.49. The first-order valence-corrected chi connectivity index (χ1v) is 6.52. The van der Waals surface area contributed by atoms with Crippen LogP contribution in [0.2, 0.25) is 0 Å². The number of benzene rings is 1. The van der Waals surface area contributed by atoms with Gasteiger partial charge in [0.1, 0.15) is 6.07 Å². The maximum atomic E-state index is 8.90. The summed E-state index contributed by atoms with van der Waals surface area (Å²) in [4.78, 5) is 0. The van der Waals surface area contributed by atoms with Crippen LogP contribution in [0.1, 0.15) is 43.7 Å². The Bertz CT molecular complexity index is 580. The highest BCUT2D eigenvalue weighted by atomic mass is 14.2. The molecule has 0 aliphatic heterocycles. The van der Waals surface area contributed by atoms with E-state index in [1.54, 1.807) is 18.2 Å². The van der Waals surface area contributed by atoms with E-state index in [0.29, 0.717) is 5.56 Å². The van der Waals surface area contributed by atoms with Crippen LogP contribution in [-0.2, 0) is 0 Å². The summed E-state index contributed by atoms with van der Waals surface area (Å²) in [7, 11) is 0. The molecule has 1 rings (SSSR count). The molecule has 0 atom stereocenters. The summed E-state index contributed by atoms with van der Waals surface area (Å²) in [5.41, 5.74) is 1.36. The smallest absolute Gasteiger partial charge is 0.100 e. The Morgan fingerprint density at radius 3 is 2.53 bits per heavy atom. The minimum atomic E-state index is 0.606. The van der Waals surface area contributed by atoms with Gasteiger partial charge >= 0.3 is 0 Å². The van der Waals surface area contributed by atoms with E-state index in [1.165, 1.54) is 19.3 Å². The summed E-state index contributed by atoms with van der Waals surface area (Å²) in [6.45, 7) is 2.18. The van der Waals surface area contributed by atoms with Gasteiger partial charge in [0.15, 0.2) is 0 Å². The van der Waals surface area contributed by atoms with Crippen LogP contribution in [0.5, 0.6) is 0 Å². The Hall–Kier alpha value is -2.43. The average molecular weight is 247 g/mol. The molecule has 0 aromatic heterocycles. The third-order valence-electron chi connectivity index (χ3n) is 2.51. The van der Waals surface area contributed by atoms with Gasteiger partial charge in [-0.25, -0.2) is 0 Å². The Kier molecular flexibility index (Phi) is 7.38. The lowest BCUT2D eigenvalue weighted by atomic mass is 10.1. The summed E-state index contributed by atoms with van der Waals surface area (Å²) in [5, 5.41) is 8.90. The van der Waals surface area contributed by atoms with E-state index >= 15 is 0 Å². The molecule has 0 fully saturated rings. The lowest BCUT2D eigenvalue weighted by Gasteiger charge is -1.91. The molecule has 94 valence electrons. The van der Waals surface area contributed by atoms with Gasteiger partial charge in [-0.1, -0.05) is 55.6 Å². The summed E-state index contributed by atoms with van der Waals surface area (Å²) in [6.07, 6.45) is 8.06. The van der Waals surface area contributed by atoms with Crippen molar-refractivity contribution in [2.75, 3.05) is 0 Å². The Morgan fingerprint density at radius 1 is 1.05 bits per heavy atom. The van der Waals surface area contributed by atoms with Crippen LogP contribution in [0.4, 0.5) is 0 Å². The van der Waals surface area contributed by atoms with Gasteiger partial charge < -0.3 is 0 Å². The minimum Gasteiger partial charge on any atom is -0.192 e. The second-order valence-electron chi connectivity index (χ2n) is 4.04. The largest absolute Gasteiger partial charge is 0.192 e. The Morgan fingerprint density at radius 2 is 1.79 bits per heavy atom. The summed E-state index contributed by atoms with van der Waals surface area (Å²) >= 11 is 0. The molecule has 1 nitrogen and oxygen atoms in total. The lowest BCUT2D eigenvalue weighted by Crippen LogP contribution is -1.80. The third-order valence-corrected chi connectivity index (χ3v) is 2.51. The molecular weight excluding hydrogens is 230 g/mol. The summed E-state index contributed by atoms with van der Waals surface area (Å²) in [5.74, 6) is 11.9. The molecule has 0 spiro atoms. The minimum absolute atomic E-state index is 0.606. The van der Waals surface area contributed by atoms with Gasteiger partial charge in [0.2, 0.25) is 0 Å². The normalized spacial score (nSPS) is 9.05. The SMILES string of the molecule is CCCCCC#CC=CC#Cc1ccccc1C#N. The van der Waals surface area contributed by atoms with E-state index in [2.05, 4.69) is 36.7 Å². The molecule has 0 aliphatic carbocycles. The lowest BCUT2D eigenvalue weighted by molar-refractivity contribution is 0.737. The van der Waals surface area contributed by atoms with Crippen LogP contribution >= 0.6 is 0 Å². The van der Waals surface area contributed by atoms with Crippen molar-refractivity contribution in [1.29, 1.82) is 5.26 Å². The zero-order valence-corrected chi connectivity index (χ0v) is 11.2. The number of hydrogen-bond acceptors (Lipinski definition) is 1. The molecule has 0 heterocycles. The van der Waals surface area contributed by atoms with Gasteiger partial charge in [0, 0.05) is 12.0 Å². The fourth-order valence-electron chi connectivity index (χ4n) is 1.49. The molecule has 0 amide bonds. The molecule has 0 bridgehead atoms. The van der Waals surface area contributed by atoms with Crippen LogP contribution in [-0.4, -0.2) is 0 Å². The van der Waals surface area contributed by atoms with Gasteiger partial charge in [0.05, 0.1) is 5.56 Å². The number of allylic oxidation sites excluding steroid dienone is 2. The van der Waals surface area contributed by atoms with Crippen molar-refractivity contribution in [2.24, 2.45) is 0 Å². The molecule has 1 aromatic carbocycles. The van der Waals surface area contributed by atoms with Crippen molar-refractivity contribution in [1.82, 2.24) is 0 Å². The van der Waals surface area contributed by atoms with Crippen molar-refractivity contribution in [3.63, 3.8) is 0 Å². The van der Waals surface area contributed by atoms with E-state index in [1.807, 2.05) is 18.2 Å². The molecule has 1 heteroatoms. The molecule has 0 aliphatic rings. The van der Waals surface area contributed by atoms with Crippen LogP contribution in [0.15, 0.2) is 36.4 Å². The molecule has 0 N–H and O–H groups in total. The van der Waals surface area contributed by atoms with E-state index < -0.39 is 0 Å². The van der Waals surface area contributed by atoms with Crippen LogP contribution < -0.4 is 0 Å². The zero-order chi connectivity index (χ0) is 13.8. The van der Waals surface area contributed by atoms with Crippen LogP contribution in [0, 0.1) is 35.0 Å². The van der Waals surface area contributed by atoms with Gasteiger partial charge in [-0.3, -0.25) is 0 Å². The number of rotatable bonds is 3. The zero-order valence-electron chi connectivity index (χ0n) is 11.2. The number of unbranched alkanes of at least 4 members (excludes halogenated alkanes) is 3. The third kappa shape index (κ3) is 6.16. The molecule has 0 saturated heterocycles. The maximum absolute atomic E-state index is 8.90. The molecule has 0 unspecified atom stereocenters. The van der Waals surface area contributed by atoms with Gasteiger partial charge in [-0.2, -0.15) is 5.26 Å². The first kappa shape index (κ1) is 14.6. The Balaban J connectivity index is 2.49. The highest BCUT2D eigenvalue weighted by Crippen LogP contribution is 2.04. The maximum Gasteiger partial charge on any atom is 0.100 e. The standard InChI is InChI=1S/C18H17N/c1-2-3-4-5-6-7-8-9-10-13-17-14-11-12-15-18(17)16-19/h8-9,11-12,14-15H,2-5H2,1H3. The molecular formula is C18H17N.